The van der Waals surface area contributed by atoms with E-state index in [9.17, 15) is 1.37 Å². The van der Waals surface area contributed by atoms with Gasteiger partial charge in [0.15, 0.2) is 17.5 Å². The molecule has 0 bridgehead atoms. The number of benzene rings is 9. The Labute approximate surface area is 347 Å². The quantitative estimate of drug-likeness (QED) is 0.175. The van der Waals surface area contributed by atoms with Crippen molar-refractivity contribution in [1.29, 1.82) is 0 Å². The van der Waals surface area contributed by atoms with Gasteiger partial charge in [0.2, 0.25) is 0 Å². The zero-order chi connectivity index (χ0) is 44.2. The summed E-state index contributed by atoms with van der Waals surface area (Å²) in [5.41, 5.74) is 6.99. The van der Waals surface area contributed by atoms with Crippen LogP contribution in [0.1, 0.15) is 9.60 Å². The Morgan fingerprint density at radius 2 is 1.10 bits per heavy atom. The number of fused-ring (bicyclic) bond motifs is 9. The predicted molar refractivity (Wildman–Crippen MR) is 242 cm³/mol. The minimum Gasteiger partial charge on any atom is -0.455 e. The largest absolute Gasteiger partial charge is 0.455 e. The van der Waals surface area contributed by atoms with Gasteiger partial charge >= 0.3 is 0 Å². The molecule has 9 aromatic carbocycles. The molecular weight excluding hydrogens is 727 g/mol. The molecule has 5 heteroatoms. The molecular formula is C53H31N3OS. The highest BCUT2D eigenvalue weighted by Gasteiger charge is 2.19. The SMILES string of the molecule is [2H]c1c([2H])c([2H])c2c(sc3c([2H])c([2H])c([2H])c(-c4nc(-c5ccc(-c6cc(-c7ccccc7)cc7ccccc67)cc5)nc(-c5ccc6c(c5)oc5c7ccccc7ccc65)n4)c32)c1[2H]. The molecule has 0 unspecified atom stereocenters. The lowest BCUT2D eigenvalue weighted by Crippen LogP contribution is -2.00. The van der Waals surface area contributed by atoms with Crippen molar-refractivity contribution in [1.82, 2.24) is 15.0 Å². The summed E-state index contributed by atoms with van der Waals surface area (Å²) in [5, 5.41) is 6.55. The van der Waals surface area contributed by atoms with Crippen molar-refractivity contribution in [2.75, 3.05) is 0 Å². The lowest BCUT2D eigenvalue weighted by molar-refractivity contribution is 0.673. The predicted octanol–water partition coefficient (Wildman–Crippen LogP) is 14.8. The van der Waals surface area contributed by atoms with Crippen LogP contribution in [-0.2, 0) is 0 Å². The monoisotopic (exact) mass is 764 g/mol. The molecule has 0 N–H and O–H groups in total. The smallest absolute Gasteiger partial charge is 0.164 e. The number of thiophene rings is 1. The van der Waals surface area contributed by atoms with E-state index in [4.69, 9.17) is 27.6 Å². The molecule has 3 heterocycles. The molecule has 0 fully saturated rings. The Morgan fingerprint density at radius 1 is 0.414 bits per heavy atom. The van der Waals surface area contributed by atoms with E-state index >= 15 is 0 Å². The van der Waals surface area contributed by atoms with Crippen LogP contribution in [-0.4, -0.2) is 15.0 Å². The molecule has 58 heavy (non-hydrogen) atoms. The van der Waals surface area contributed by atoms with Gasteiger partial charge in [-0.15, -0.1) is 11.3 Å². The summed E-state index contributed by atoms with van der Waals surface area (Å²) in [6.07, 6.45) is 0. The number of nitrogens with zero attached hydrogens (tertiary/aromatic N) is 3. The minimum absolute atomic E-state index is 0.0296. The van der Waals surface area contributed by atoms with Gasteiger partial charge in [-0.05, 0) is 80.8 Å². The molecule has 0 aliphatic heterocycles. The maximum Gasteiger partial charge on any atom is 0.164 e. The van der Waals surface area contributed by atoms with E-state index < -0.39 is 12.1 Å². The van der Waals surface area contributed by atoms with Crippen molar-refractivity contribution in [2.45, 2.75) is 0 Å². The number of hydrogen-bond acceptors (Lipinski definition) is 5. The molecule has 0 aliphatic carbocycles. The molecule has 0 atom stereocenters. The van der Waals surface area contributed by atoms with Crippen molar-refractivity contribution in [2.24, 2.45) is 0 Å². The highest BCUT2D eigenvalue weighted by atomic mass is 32.1. The van der Waals surface area contributed by atoms with Crippen LogP contribution < -0.4 is 0 Å². The average molecular weight is 765 g/mol. The summed E-state index contributed by atoms with van der Waals surface area (Å²) >= 11 is 1.00. The molecule has 0 radical (unpaired) electrons. The van der Waals surface area contributed by atoms with Crippen LogP contribution in [0, 0.1) is 0 Å². The molecule has 0 aliphatic rings. The Kier molecular flexibility index (Phi) is 5.94. The normalized spacial score (nSPS) is 13.5. The van der Waals surface area contributed by atoms with E-state index in [1.54, 1.807) is 0 Å². The topological polar surface area (TPSA) is 51.8 Å². The third kappa shape index (κ3) is 5.32. The van der Waals surface area contributed by atoms with E-state index in [1.807, 2.05) is 97.1 Å². The van der Waals surface area contributed by atoms with Crippen LogP contribution in [0.25, 0.3) is 120 Å². The van der Waals surface area contributed by atoms with Crippen LogP contribution >= 0.6 is 11.3 Å². The van der Waals surface area contributed by atoms with Gasteiger partial charge in [-0.1, -0.05) is 145 Å². The Bertz CT molecular complexity index is 3980. The van der Waals surface area contributed by atoms with E-state index in [0.29, 0.717) is 16.7 Å². The van der Waals surface area contributed by atoms with Crippen molar-refractivity contribution in [3.8, 4) is 56.4 Å². The lowest BCUT2D eigenvalue weighted by Gasteiger charge is -2.13. The summed E-state index contributed by atoms with van der Waals surface area (Å²) in [5.74, 6) is 0.575. The number of furan rings is 1. The first-order chi connectivity index (χ1) is 31.6. The zero-order valence-corrected chi connectivity index (χ0v) is 31.3. The van der Waals surface area contributed by atoms with Crippen LogP contribution in [0.4, 0.5) is 0 Å². The maximum atomic E-state index is 9.33. The van der Waals surface area contributed by atoms with Crippen molar-refractivity contribution in [3.05, 3.63) is 188 Å². The van der Waals surface area contributed by atoms with Crippen molar-refractivity contribution in [3.63, 3.8) is 0 Å². The first-order valence-corrected chi connectivity index (χ1v) is 19.7. The van der Waals surface area contributed by atoms with Crippen LogP contribution in [0.3, 0.4) is 0 Å². The number of rotatable bonds is 5. The van der Waals surface area contributed by atoms with Crippen LogP contribution in [0.15, 0.2) is 192 Å². The summed E-state index contributed by atoms with van der Waals surface area (Å²) in [4.78, 5) is 15.0. The number of aromatic nitrogens is 3. The molecule has 0 saturated carbocycles. The standard InChI is InChI=1S/C53H31N3OS/c1-2-11-32(12-3-1)38-29-36-14-5-6-15-39(36)45(30-38)34-21-23-35(24-22-34)51-54-52(56-53(55-51)44-18-10-20-48-49(44)43-17-8-9-19-47(43)58-48)37-26-27-41-42-28-25-33-13-4-7-16-40(33)50(42)57-46(41)31-37/h1-31H/i8D,9D,10D,17D,18D,19D,20D. The summed E-state index contributed by atoms with van der Waals surface area (Å²) < 4.78 is 68.9. The zero-order valence-electron chi connectivity index (χ0n) is 37.5. The minimum atomic E-state index is -0.438. The van der Waals surface area contributed by atoms with E-state index in [0.717, 1.165) is 71.5 Å². The second-order valence-electron chi connectivity index (χ2n) is 14.2. The molecule has 12 aromatic rings. The molecule has 0 saturated heterocycles. The maximum absolute atomic E-state index is 9.33. The molecule has 12 rings (SSSR count). The summed E-state index contributed by atoms with van der Waals surface area (Å²) in [6.45, 7) is 0. The molecule has 0 amide bonds. The molecule has 4 nitrogen and oxygen atoms in total. The third-order valence-electron chi connectivity index (χ3n) is 10.9. The molecule has 270 valence electrons. The van der Waals surface area contributed by atoms with E-state index in [2.05, 4.69) is 48.5 Å². The van der Waals surface area contributed by atoms with Crippen molar-refractivity contribution >= 4 is 75.0 Å². The average Bonchev–Trinajstić information content (AvgIpc) is 3.94. The van der Waals surface area contributed by atoms with Gasteiger partial charge in [-0.2, -0.15) is 0 Å². The van der Waals surface area contributed by atoms with Gasteiger partial charge in [0, 0.05) is 53.0 Å². The second-order valence-corrected chi connectivity index (χ2v) is 15.3. The third-order valence-corrected chi connectivity index (χ3v) is 11.9. The first-order valence-electron chi connectivity index (χ1n) is 22.3. The number of hydrogen-bond donors (Lipinski definition) is 0. The summed E-state index contributed by atoms with van der Waals surface area (Å²) in [6, 6.07) is 46.6. The second kappa shape index (κ2) is 13.1. The van der Waals surface area contributed by atoms with Gasteiger partial charge in [0.25, 0.3) is 0 Å². The van der Waals surface area contributed by atoms with Gasteiger partial charge in [-0.3, -0.25) is 0 Å². The van der Waals surface area contributed by atoms with Gasteiger partial charge < -0.3 is 4.42 Å². The van der Waals surface area contributed by atoms with Crippen LogP contribution in [0.2, 0.25) is 0 Å². The highest BCUT2D eigenvalue weighted by Crippen LogP contribution is 2.41. The first kappa shape index (κ1) is 26.4. The van der Waals surface area contributed by atoms with Gasteiger partial charge in [0.05, 0.1) is 9.60 Å². The Hall–Kier alpha value is -7.47. The highest BCUT2D eigenvalue weighted by molar-refractivity contribution is 7.25. The Morgan fingerprint density at radius 3 is 1.98 bits per heavy atom. The summed E-state index contributed by atoms with van der Waals surface area (Å²) in [7, 11) is 0. The fourth-order valence-corrected chi connectivity index (χ4v) is 9.03. The fourth-order valence-electron chi connectivity index (χ4n) is 8.06. The van der Waals surface area contributed by atoms with Gasteiger partial charge in [-0.25, -0.2) is 15.0 Å². The molecule has 3 aromatic heterocycles. The molecule has 0 spiro atoms. The van der Waals surface area contributed by atoms with Crippen molar-refractivity contribution < 1.29 is 14.0 Å². The van der Waals surface area contributed by atoms with Crippen LogP contribution in [0.5, 0.6) is 0 Å². The lowest BCUT2D eigenvalue weighted by atomic mass is 9.92. The Balaban J connectivity index is 1.09. The fraction of sp³-hybridized carbons (Fsp3) is 0. The van der Waals surface area contributed by atoms with E-state index in [-0.39, 0.29) is 73.4 Å². The van der Waals surface area contributed by atoms with E-state index in [1.165, 1.54) is 0 Å². The van der Waals surface area contributed by atoms with Gasteiger partial charge in [0.1, 0.15) is 11.2 Å².